The van der Waals surface area contributed by atoms with Crippen LogP contribution >= 0.6 is 12.4 Å². The number of carbonyl (C=O) groups is 1. The number of hydrogen-bond acceptors (Lipinski definition) is 3. The molecule has 2 aromatic carbocycles. The quantitative estimate of drug-likeness (QED) is 0.836. The zero-order valence-electron chi connectivity index (χ0n) is 14.1. The molecular weight excluding hydrogens is 324 g/mol. The Hall–Kier alpha value is -2.04. The maximum absolute atomic E-state index is 12.6. The molecule has 0 fully saturated rings. The lowest BCUT2D eigenvalue weighted by atomic mass is 10.1. The smallest absolute Gasteiger partial charge is 0.240 e. The first-order valence-electron chi connectivity index (χ1n) is 7.85. The van der Waals surface area contributed by atoms with Crippen molar-refractivity contribution in [2.75, 3.05) is 13.7 Å². The van der Waals surface area contributed by atoms with E-state index in [-0.39, 0.29) is 18.3 Å². The Morgan fingerprint density at radius 3 is 2.25 bits per heavy atom. The molecule has 0 aliphatic carbocycles. The van der Waals surface area contributed by atoms with Crippen LogP contribution in [0.1, 0.15) is 18.1 Å². The maximum atomic E-state index is 12.6. The molecule has 1 atom stereocenters. The number of halogens is 1. The van der Waals surface area contributed by atoms with Gasteiger partial charge in [0.15, 0.2) is 0 Å². The van der Waals surface area contributed by atoms with Crippen LogP contribution in [0.2, 0.25) is 0 Å². The molecule has 0 heterocycles. The second-order valence-corrected chi connectivity index (χ2v) is 5.50. The fourth-order valence-corrected chi connectivity index (χ4v) is 2.49. The Labute approximate surface area is 150 Å². The fourth-order valence-electron chi connectivity index (χ4n) is 2.49. The number of hydrogen-bond donors (Lipinski definition) is 1. The molecule has 0 spiro atoms. The van der Waals surface area contributed by atoms with E-state index in [9.17, 15) is 4.79 Å². The van der Waals surface area contributed by atoms with Gasteiger partial charge >= 0.3 is 0 Å². The summed E-state index contributed by atoms with van der Waals surface area (Å²) in [5.74, 6) is 0.788. The number of carbonyl (C=O) groups excluding carboxylic acids is 1. The van der Waals surface area contributed by atoms with E-state index in [1.807, 2.05) is 61.5 Å². The van der Waals surface area contributed by atoms with Crippen LogP contribution in [0.15, 0.2) is 54.6 Å². The van der Waals surface area contributed by atoms with Gasteiger partial charge in [0.05, 0.1) is 13.2 Å². The Balaban J connectivity index is 0.00000288. The average molecular weight is 349 g/mol. The lowest BCUT2D eigenvalue weighted by Gasteiger charge is -2.24. The van der Waals surface area contributed by atoms with Crippen molar-refractivity contribution in [1.82, 2.24) is 4.90 Å². The topological polar surface area (TPSA) is 55.6 Å². The fraction of sp³-hybridized carbons (Fsp3) is 0.316. The minimum absolute atomic E-state index is 0. The number of benzene rings is 2. The molecule has 0 radical (unpaired) electrons. The van der Waals surface area contributed by atoms with Crippen molar-refractivity contribution < 1.29 is 9.53 Å². The minimum atomic E-state index is -0.518. The number of likely N-dealkylation sites (N-methyl/N-ethyl adjacent to an activating group) is 1. The molecule has 5 heteroatoms. The van der Waals surface area contributed by atoms with E-state index in [4.69, 9.17) is 10.5 Å². The summed E-state index contributed by atoms with van der Waals surface area (Å²) in [6.45, 7) is 3.16. The molecule has 0 aliphatic rings. The normalized spacial score (nSPS) is 11.3. The molecule has 0 bridgehead atoms. The maximum Gasteiger partial charge on any atom is 0.240 e. The van der Waals surface area contributed by atoms with E-state index in [2.05, 4.69) is 0 Å². The molecule has 0 unspecified atom stereocenters. The third kappa shape index (κ3) is 5.55. The van der Waals surface area contributed by atoms with Gasteiger partial charge in [-0.25, -0.2) is 0 Å². The van der Waals surface area contributed by atoms with Crippen molar-refractivity contribution in [3.05, 3.63) is 65.7 Å². The number of ether oxygens (including phenoxy) is 1. The van der Waals surface area contributed by atoms with E-state index in [0.717, 1.165) is 16.9 Å². The van der Waals surface area contributed by atoms with Gasteiger partial charge in [-0.05, 0) is 36.6 Å². The molecule has 2 rings (SSSR count). The van der Waals surface area contributed by atoms with Gasteiger partial charge in [0, 0.05) is 13.1 Å². The largest absolute Gasteiger partial charge is 0.497 e. The van der Waals surface area contributed by atoms with Crippen LogP contribution in [0.25, 0.3) is 0 Å². The van der Waals surface area contributed by atoms with Gasteiger partial charge in [0.25, 0.3) is 0 Å². The van der Waals surface area contributed by atoms with Crippen LogP contribution in [0.4, 0.5) is 0 Å². The first-order valence-corrected chi connectivity index (χ1v) is 7.85. The average Bonchev–Trinajstić information content (AvgIpc) is 2.60. The molecule has 24 heavy (non-hydrogen) atoms. The zero-order valence-corrected chi connectivity index (χ0v) is 15.0. The monoisotopic (exact) mass is 348 g/mol. The van der Waals surface area contributed by atoms with Gasteiger partial charge in [0.2, 0.25) is 5.91 Å². The summed E-state index contributed by atoms with van der Waals surface area (Å²) >= 11 is 0. The third-order valence-electron chi connectivity index (χ3n) is 3.84. The Bertz CT molecular complexity index is 617. The molecule has 2 aromatic rings. The molecule has 0 aliphatic heterocycles. The first kappa shape index (κ1) is 20.0. The number of methoxy groups -OCH3 is 1. The highest BCUT2D eigenvalue weighted by Crippen LogP contribution is 2.14. The molecule has 1 amide bonds. The Morgan fingerprint density at radius 2 is 1.71 bits per heavy atom. The molecule has 0 saturated carbocycles. The molecule has 4 nitrogen and oxygen atoms in total. The lowest BCUT2D eigenvalue weighted by Crippen LogP contribution is -2.44. The van der Waals surface area contributed by atoms with Crippen molar-refractivity contribution >= 4 is 18.3 Å². The van der Waals surface area contributed by atoms with Crippen LogP contribution in [-0.4, -0.2) is 30.5 Å². The van der Waals surface area contributed by atoms with Crippen LogP contribution in [0, 0.1) is 0 Å². The first-order chi connectivity index (χ1) is 11.1. The Morgan fingerprint density at radius 1 is 1.08 bits per heavy atom. The van der Waals surface area contributed by atoms with Crippen molar-refractivity contribution in [3.63, 3.8) is 0 Å². The van der Waals surface area contributed by atoms with Crippen LogP contribution in [0.3, 0.4) is 0 Å². The second kappa shape index (κ2) is 9.96. The summed E-state index contributed by atoms with van der Waals surface area (Å²) in [4.78, 5) is 14.4. The van der Waals surface area contributed by atoms with Crippen molar-refractivity contribution in [1.29, 1.82) is 0 Å². The number of nitrogens with two attached hydrogens (primary N) is 1. The number of nitrogens with zero attached hydrogens (tertiary/aromatic N) is 1. The third-order valence-corrected chi connectivity index (χ3v) is 3.84. The number of rotatable bonds is 7. The van der Waals surface area contributed by atoms with Crippen LogP contribution in [0.5, 0.6) is 5.75 Å². The molecular formula is C19H25ClN2O2. The molecule has 0 aromatic heterocycles. The summed E-state index contributed by atoms with van der Waals surface area (Å²) in [6, 6.07) is 17.1. The van der Waals surface area contributed by atoms with Crippen molar-refractivity contribution in [2.24, 2.45) is 5.73 Å². The Kier molecular flexibility index (Phi) is 8.30. The van der Waals surface area contributed by atoms with Crippen molar-refractivity contribution in [2.45, 2.75) is 25.9 Å². The molecule has 0 saturated heterocycles. The van der Waals surface area contributed by atoms with E-state index < -0.39 is 6.04 Å². The standard InChI is InChI=1S/C19H24N2O2.ClH/c1-3-21(14-16-9-11-17(23-2)12-10-16)19(22)18(20)13-15-7-5-4-6-8-15;/h4-12,18H,3,13-14,20H2,1-2H3;1H/t18-;/m0./s1. The number of amides is 1. The van der Waals surface area contributed by atoms with Gasteiger partial charge in [0.1, 0.15) is 5.75 Å². The second-order valence-electron chi connectivity index (χ2n) is 5.50. The highest BCUT2D eigenvalue weighted by molar-refractivity contribution is 5.85. The van der Waals surface area contributed by atoms with Crippen LogP contribution in [-0.2, 0) is 17.8 Å². The van der Waals surface area contributed by atoms with E-state index in [1.54, 1.807) is 12.0 Å². The lowest BCUT2D eigenvalue weighted by molar-refractivity contribution is -0.133. The predicted octanol–water partition coefficient (Wildman–Crippen LogP) is 3.04. The summed E-state index contributed by atoms with van der Waals surface area (Å²) in [5, 5.41) is 0. The van der Waals surface area contributed by atoms with E-state index >= 15 is 0 Å². The van der Waals surface area contributed by atoms with Crippen LogP contribution < -0.4 is 10.5 Å². The van der Waals surface area contributed by atoms with Gasteiger partial charge in [-0.1, -0.05) is 42.5 Å². The van der Waals surface area contributed by atoms with E-state index in [1.165, 1.54) is 0 Å². The summed E-state index contributed by atoms with van der Waals surface area (Å²) in [7, 11) is 1.64. The summed E-state index contributed by atoms with van der Waals surface area (Å²) in [5.41, 5.74) is 8.25. The summed E-state index contributed by atoms with van der Waals surface area (Å²) < 4.78 is 5.15. The SMILES string of the molecule is CCN(Cc1ccc(OC)cc1)C(=O)[C@@H](N)Cc1ccccc1.Cl. The van der Waals surface area contributed by atoms with Gasteiger partial charge < -0.3 is 15.4 Å². The molecule has 2 N–H and O–H groups in total. The zero-order chi connectivity index (χ0) is 16.7. The minimum Gasteiger partial charge on any atom is -0.497 e. The van der Waals surface area contributed by atoms with Gasteiger partial charge in [-0.2, -0.15) is 0 Å². The van der Waals surface area contributed by atoms with Gasteiger partial charge in [-0.3, -0.25) is 4.79 Å². The van der Waals surface area contributed by atoms with E-state index in [0.29, 0.717) is 19.5 Å². The molecule has 130 valence electrons. The highest BCUT2D eigenvalue weighted by atomic mass is 35.5. The highest BCUT2D eigenvalue weighted by Gasteiger charge is 2.20. The summed E-state index contributed by atoms with van der Waals surface area (Å²) in [6.07, 6.45) is 0.554. The van der Waals surface area contributed by atoms with Crippen molar-refractivity contribution in [3.8, 4) is 5.75 Å². The van der Waals surface area contributed by atoms with Gasteiger partial charge in [-0.15, -0.1) is 12.4 Å². The predicted molar refractivity (Wildman–Crippen MR) is 99.5 cm³/mol.